The van der Waals surface area contributed by atoms with Crippen LogP contribution < -0.4 is 0 Å². The maximum atomic E-state index is 12.0. The molecule has 0 heterocycles. The Bertz CT molecular complexity index is 304. The van der Waals surface area contributed by atoms with E-state index in [0.717, 1.165) is 0 Å². The van der Waals surface area contributed by atoms with E-state index in [2.05, 4.69) is 0 Å². The number of carbonyl (C=O) groups is 3. The van der Waals surface area contributed by atoms with Crippen LogP contribution in [-0.4, -0.2) is 30.9 Å². The SMILES string of the molecule is CCOC(=O)C(C(=O)OCC)C(C)C(=O)CC(C)C. The van der Waals surface area contributed by atoms with Crippen molar-refractivity contribution in [3.05, 3.63) is 0 Å². The topological polar surface area (TPSA) is 69.7 Å². The molecule has 0 saturated carbocycles. The van der Waals surface area contributed by atoms with Crippen molar-refractivity contribution in [2.75, 3.05) is 13.2 Å². The lowest BCUT2D eigenvalue weighted by Crippen LogP contribution is -2.37. The molecular weight excluding hydrogens is 248 g/mol. The van der Waals surface area contributed by atoms with Gasteiger partial charge in [0.2, 0.25) is 0 Å². The second kappa shape index (κ2) is 8.67. The summed E-state index contributed by atoms with van der Waals surface area (Å²) in [6.07, 6.45) is 0.330. The zero-order valence-electron chi connectivity index (χ0n) is 12.4. The highest BCUT2D eigenvalue weighted by atomic mass is 16.6. The first-order chi connectivity index (χ1) is 8.84. The van der Waals surface area contributed by atoms with Gasteiger partial charge in [0.1, 0.15) is 5.78 Å². The van der Waals surface area contributed by atoms with E-state index in [1.54, 1.807) is 20.8 Å². The fourth-order valence-corrected chi connectivity index (χ4v) is 1.74. The van der Waals surface area contributed by atoms with Gasteiger partial charge in [-0.1, -0.05) is 20.8 Å². The molecule has 0 rings (SSSR count). The Morgan fingerprint density at radius 3 is 1.63 bits per heavy atom. The average molecular weight is 272 g/mol. The second-order valence-electron chi connectivity index (χ2n) is 4.83. The smallest absolute Gasteiger partial charge is 0.321 e. The average Bonchev–Trinajstić information content (AvgIpc) is 2.28. The van der Waals surface area contributed by atoms with Crippen molar-refractivity contribution in [3.8, 4) is 0 Å². The molecule has 110 valence electrons. The number of esters is 2. The molecule has 0 bridgehead atoms. The molecule has 0 aromatic heterocycles. The molecule has 19 heavy (non-hydrogen) atoms. The highest BCUT2D eigenvalue weighted by molar-refractivity contribution is 6.00. The summed E-state index contributed by atoms with van der Waals surface area (Å²) >= 11 is 0. The minimum Gasteiger partial charge on any atom is -0.465 e. The molecular formula is C14H24O5. The van der Waals surface area contributed by atoms with Crippen LogP contribution in [0.25, 0.3) is 0 Å². The minimum atomic E-state index is -1.16. The van der Waals surface area contributed by atoms with Crippen molar-refractivity contribution in [3.63, 3.8) is 0 Å². The van der Waals surface area contributed by atoms with Gasteiger partial charge in [0, 0.05) is 12.3 Å². The lowest BCUT2D eigenvalue weighted by Gasteiger charge is -2.20. The lowest BCUT2D eigenvalue weighted by molar-refractivity contribution is -0.166. The Morgan fingerprint density at radius 2 is 1.32 bits per heavy atom. The normalized spacial score (nSPS) is 12.4. The number of ether oxygens (including phenoxy) is 2. The maximum absolute atomic E-state index is 12.0. The first kappa shape index (κ1) is 17.6. The number of ketones is 1. The molecule has 1 unspecified atom stereocenters. The van der Waals surface area contributed by atoms with Crippen molar-refractivity contribution in [1.82, 2.24) is 0 Å². The molecule has 0 aromatic carbocycles. The van der Waals surface area contributed by atoms with E-state index < -0.39 is 23.8 Å². The Morgan fingerprint density at radius 1 is 0.895 bits per heavy atom. The van der Waals surface area contributed by atoms with Gasteiger partial charge in [0.15, 0.2) is 5.92 Å². The van der Waals surface area contributed by atoms with Crippen molar-refractivity contribution in [2.45, 2.75) is 41.0 Å². The Kier molecular flexibility index (Phi) is 8.03. The van der Waals surface area contributed by atoms with Gasteiger partial charge in [-0.25, -0.2) is 0 Å². The molecule has 0 aromatic rings. The van der Waals surface area contributed by atoms with E-state index in [-0.39, 0.29) is 24.9 Å². The Hall–Kier alpha value is -1.39. The van der Waals surface area contributed by atoms with E-state index >= 15 is 0 Å². The summed E-state index contributed by atoms with van der Waals surface area (Å²) in [5.41, 5.74) is 0. The standard InChI is InChI=1S/C14H24O5/c1-6-18-13(16)12(14(17)19-7-2)10(5)11(15)8-9(3)4/h9-10,12H,6-8H2,1-5H3. The third-order valence-electron chi connectivity index (χ3n) is 2.70. The van der Waals surface area contributed by atoms with E-state index in [4.69, 9.17) is 9.47 Å². The minimum absolute atomic E-state index is 0.124. The van der Waals surface area contributed by atoms with Gasteiger partial charge < -0.3 is 9.47 Å². The summed E-state index contributed by atoms with van der Waals surface area (Å²) in [4.78, 5) is 35.6. The van der Waals surface area contributed by atoms with Gasteiger partial charge in [-0.15, -0.1) is 0 Å². The molecule has 0 radical (unpaired) electrons. The van der Waals surface area contributed by atoms with Crippen LogP contribution in [0.15, 0.2) is 0 Å². The largest absolute Gasteiger partial charge is 0.465 e. The van der Waals surface area contributed by atoms with Crippen molar-refractivity contribution in [2.24, 2.45) is 17.8 Å². The van der Waals surface area contributed by atoms with Gasteiger partial charge in [0.25, 0.3) is 0 Å². The molecule has 5 nitrogen and oxygen atoms in total. The molecule has 0 aliphatic carbocycles. The van der Waals surface area contributed by atoms with E-state index in [9.17, 15) is 14.4 Å². The Balaban J connectivity index is 4.95. The molecule has 5 heteroatoms. The van der Waals surface area contributed by atoms with E-state index in [1.165, 1.54) is 0 Å². The van der Waals surface area contributed by atoms with E-state index in [0.29, 0.717) is 6.42 Å². The number of hydrogen-bond donors (Lipinski definition) is 0. The molecule has 0 fully saturated rings. The van der Waals surface area contributed by atoms with Crippen molar-refractivity contribution >= 4 is 17.7 Å². The van der Waals surface area contributed by atoms with Crippen LogP contribution in [0.1, 0.15) is 41.0 Å². The first-order valence-corrected chi connectivity index (χ1v) is 6.71. The fourth-order valence-electron chi connectivity index (χ4n) is 1.74. The summed E-state index contributed by atoms with van der Waals surface area (Å²) in [6.45, 7) is 9.03. The fraction of sp³-hybridized carbons (Fsp3) is 0.786. The number of carbonyl (C=O) groups excluding carboxylic acids is 3. The zero-order valence-corrected chi connectivity index (χ0v) is 12.4. The number of rotatable bonds is 8. The van der Waals surface area contributed by atoms with Crippen LogP contribution in [0, 0.1) is 17.8 Å². The van der Waals surface area contributed by atoms with Crippen molar-refractivity contribution in [1.29, 1.82) is 0 Å². The molecule has 0 spiro atoms. The van der Waals surface area contributed by atoms with Crippen LogP contribution in [0.5, 0.6) is 0 Å². The predicted molar refractivity (Wildman–Crippen MR) is 70.4 cm³/mol. The van der Waals surface area contributed by atoms with Crippen LogP contribution in [0.4, 0.5) is 0 Å². The quantitative estimate of drug-likeness (QED) is 0.499. The highest BCUT2D eigenvalue weighted by Crippen LogP contribution is 2.20. The molecule has 0 N–H and O–H groups in total. The second-order valence-corrected chi connectivity index (χ2v) is 4.83. The summed E-state index contributed by atoms with van der Waals surface area (Å²) in [6, 6.07) is 0. The highest BCUT2D eigenvalue weighted by Gasteiger charge is 2.38. The first-order valence-electron chi connectivity index (χ1n) is 6.71. The maximum Gasteiger partial charge on any atom is 0.321 e. The van der Waals surface area contributed by atoms with Crippen molar-refractivity contribution < 1.29 is 23.9 Å². The molecule has 1 atom stereocenters. The number of Topliss-reactive ketones (excluding diaryl/α,β-unsaturated/α-hetero) is 1. The van der Waals surface area contributed by atoms with Gasteiger partial charge in [-0.2, -0.15) is 0 Å². The third-order valence-corrected chi connectivity index (χ3v) is 2.70. The van der Waals surface area contributed by atoms with Gasteiger partial charge in [-0.3, -0.25) is 14.4 Å². The molecule has 0 aliphatic heterocycles. The zero-order chi connectivity index (χ0) is 15.0. The lowest BCUT2D eigenvalue weighted by atomic mass is 9.86. The van der Waals surface area contributed by atoms with E-state index in [1.807, 2.05) is 13.8 Å². The predicted octanol–water partition coefficient (Wildman–Crippen LogP) is 1.98. The number of hydrogen-bond acceptors (Lipinski definition) is 5. The van der Waals surface area contributed by atoms with Gasteiger partial charge in [-0.05, 0) is 19.8 Å². The molecule has 0 amide bonds. The van der Waals surface area contributed by atoms with Crippen LogP contribution in [0.2, 0.25) is 0 Å². The van der Waals surface area contributed by atoms with Crippen LogP contribution in [0.3, 0.4) is 0 Å². The van der Waals surface area contributed by atoms with Crippen LogP contribution >= 0.6 is 0 Å². The molecule has 0 saturated heterocycles. The third kappa shape index (κ3) is 5.85. The summed E-state index contributed by atoms with van der Waals surface area (Å²) in [5.74, 6) is -3.20. The molecule has 0 aliphatic rings. The van der Waals surface area contributed by atoms with Gasteiger partial charge in [0.05, 0.1) is 13.2 Å². The summed E-state index contributed by atoms with van der Waals surface area (Å²) in [5, 5.41) is 0. The Labute approximate surface area is 114 Å². The monoisotopic (exact) mass is 272 g/mol. The summed E-state index contributed by atoms with van der Waals surface area (Å²) < 4.78 is 9.71. The van der Waals surface area contributed by atoms with Crippen LogP contribution in [-0.2, 0) is 23.9 Å². The summed E-state index contributed by atoms with van der Waals surface area (Å²) in [7, 11) is 0. The van der Waals surface area contributed by atoms with Gasteiger partial charge >= 0.3 is 11.9 Å².